The lowest BCUT2D eigenvalue weighted by molar-refractivity contribution is -0.353. The maximum absolute atomic E-state index is 11.6. The molecule has 36 heavy (non-hydrogen) atoms. The van der Waals surface area contributed by atoms with Crippen LogP contribution >= 0.6 is 0 Å². The molecule has 10 N–H and O–H groups in total. The van der Waals surface area contributed by atoms with E-state index in [0.717, 1.165) is 6.92 Å². The van der Waals surface area contributed by atoms with E-state index in [9.17, 15) is 50.8 Å². The largest absolute Gasteiger partial charge is 0.394 e. The molecule has 15 atom stereocenters. The van der Waals surface area contributed by atoms with Crippen LogP contribution in [0, 0.1) is 0 Å². The topological polar surface area (TPSA) is 257 Å². The van der Waals surface area contributed by atoms with Gasteiger partial charge in [-0.15, -0.1) is 0 Å². The van der Waals surface area contributed by atoms with Gasteiger partial charge in [0.25, 0.3) is 0 Å². The second-order valence-electron chi connectivity index (χ2n) is 9.09. The fourth-order valence-electron chi connectivity index (χ4n) is 4.30. The maximum atomic E-state index is 11.6. The minimum atomic E-state index is -1.83. The van der Waals surface area contributed by atoms with Crippen molar-refractivity contribution in [1.29, 1.82) is 0 Å². The molecule has 3 heterocycles. The van der Waals surface area contributed by atoms with Crippen molar-refractivity contribution in [2.45, 2.75) is 106 Å². The molecule has 16 heteroatoms. The van der Waals surface area contributed by atoms with Crippen LogP contribution in [0.1, 0.15) is 13.8 Å². The number of aliphatic hydroxyl groups excluding tert-OH is 9. The number of ether oxygens (including phenoxy) is 5. The van der Waals surface area contributed by atoms with E-state index in [1.54, 1.807) is 0 Å². The summed E-state index contributed by atoms with van der Waals surface area (Å²) in [5.41, 5.74) is 0. The third kappa shape index (κ3) is 6.13. The van der Waals surface area contributed by atoms with Crippen LogP contribution in [0.4, 0.5) is 0 Å². The molecule has 0 aromatic heterocycles. The maximum Gasteiger partial charge on any atom is 0.217 e. The second kappa shape index (κ2) is 12.2. The molecule has 0 spiro atoms. The van der Waals surface area contributed by atoms with E-state index in [2.05, 4.69) is 5.32 Å². The van der Waals surface area contributed by atoms with Gasteiger partial charge in [-0.2, -0.15) is 0 Å². The zero-order valence-corrected chi connectivity index (χ0v) is 19.5. The van der Waals surface area contributed by atoms with Crippen LogP contribution in [0.25, 0.3) is 0 Å². The highest BCUT2D eigenvalue weighted by atomic mass is 16.7. The number of carbonyl (C=O) groups excluding carboxylic acids is 1. The number of carbonyl (C=O) groups is 1. The number of rotatable bonds is 7. The van der Waals surface area contributed by atoms with Crippen LogP contribution in [0.2, 0.25) is 0 Å². The number of nitrogens with one attached hydrogen (secondary N) is 1. The van der Waals surface area contributed by atoms with Crippen LogP contribution in [-0.2, 0) is 28.5 Å². The van der Waals surface area contributed by atoms with E-state index in [0.29, 0.717) is 0 Å². The first-order valence-electron chi connectivity index (χ1n) is 11.4. The third-order valence-corrected chi connectivity index (χ3v) is 6.44. The molecule has 1 amide bonds. The molecule has 0 bridgehead atoms. The lowest BCUT2D eigenvalue weighted by atomic mass is 9.95. The summed E-state index contributed by atoms with van der Waals surface area (Å²) in [7, 11) is 0. The molecule has 0 saturated carbocycles. The lowest BCUT2D eigenvalue weighted by Gasteiger charge is -2.47. The van der Waals surface area contributed by atoms with Crippen molar-refractivity contribution in [2.24, 2.45) is 0 Å². The minimum absolute atomic E-state index is 0.541. The van der Waals surface area contributed by atoms with Crippen LogP contribution in [-0.4, -0.2) is 157 Å². The first kappa shape index (κ1) is 29.5. The zero-order valence-electron chi connectivity index (χ0n) is 19.5. The molecular formula is C20H35NO15. The molecule has 3 saturated heterocycles. The van der Waals surface area contributed by atoms with Gasteiger partial charge in [0, 0.05) is 6.92 Å². The summed E-state index contributed by atoms with van der Waals surface area (Å²) in [6, 6.07) is -1.40. The molecule has 0 aromatic carbocycles. The highest BCUT2D eigenvalue weighted by Gasteiger charge is 2.51. The average molecular weight is 529 g/mol. The van der Waals surface area contributed by atoms with Crippen molar-refractivity contribution in [2.75, 3.05) is 13.2 Å². The molecule has 0 aliphatic carbocycles. The quantitative estimate of drug-likeness (QED) is 0.147. The fraction of sp³-hybridized carbons (Fsp3) is 0.950. The van der Waals surface area contributed by atoms with Crippen LogP contribution in [0.3, 0.4) is 0 Å². The Morgan fingerprint density at radius 2 is 1.39 bits per heavy atom. The molecule has 0 radical (unpaired) electrons. The minimum Gasteiger partial charge on any atom is -0.394 e. The summed E-state index contributed by atoms with van der Waals surface area (Å²) in [6.07, 6.45) is -21.6. The molecule has 3 aliphatic heterocycles. The third-order valence-electron chi connectivity index (χ3n) is 6.44. The molecule has 3 fully saturated rings. The molecular weight excluding hydrogens is 494 g/mol. The van der Waals surface area contributed by atoms with Crippen molar-refractivity contribution in [1.82, 2.24) is 5.32 Å². The van der Waals surface area contributed by atoms with Crippen LogP contribution < -0.4 is 5.32 Å². The Labute approximate surface area is 205 Å². The number of hydrogen-bond acceptors (Lipinski definition) is 15. The highest BCUT2D eigenvalue weighted by Crippen LogP contribution is 2.30. The van der Waals surface area contributed by atoms with Gasteiger partial charge in [-0.1, -0.05) is 0 Å². The summed E-state index contributed by atoms with van der Waals surface area (Å²) < 4.78 is 27.2. The Kier molecular flexibility index (Phi) is 9.97. The van der Waals surface area contributed by atoms with E-state index in [1.807, 2.05) is 0 Å². The van der Waals surface area contributed by atoms with Gasteiger partial charge in [0.1, 0.15) is 67.1 Å². The van der Waals surface area contributed by atoms with Crippen molar-refractivity contribution in [3.63, 3.8) is 0 Å². The van der Waals surface area contributed by atoms with E-state index in [-0.39, 0.29) is 0 Å². The SMILES string of the molecule is CC(=O)N[C@H]1C(O)O[C@H](CO[C@@H]2O[C@@H](C)[C@@H](O)[C@@H](O)[C@@H]2O)[C@@H](O[C@@H]2O[C@H](CO)[C@@H](O)[C@H](O)[C@H]2O)[C@@H]1O. The van der Waals surface area contributed by atoms with Gasteiger partial charge in [-0.3, -0.25) is 4.79 Å². The molecule has 210 valence electrons. The Hall–Kier alpha value is -1.09. The normalized spacial score (nSPS) is 50.0. The van der Waals surface area contributed by atoms with Crippen molar-refractivity contribution in [3.8, 4) is 0 Å². The van der Waals surface area contributed by atoms with Gasteiger partial charge in [0.15, 0.2) is 18.9 Å². The Bertz CT molecular complexity index is 729. The molecule has 16 nitrogen and oxygen atoms in total. The molecule has 1 unspecified atom stereocenters. The van der Waals surface area contributed by atoms with Gasteiger partial charge in [-0.05, 0) is 6.92 Å². The molecule has 3 aliphatic rings. The van der Waals surface area contributed by atoms with Crippen LogP contribution in [0.5, 0.6) is 0 Å². The van der Waals surface area contributed by atoms with E-state index in [1.165, 1.54) is 6.92 Å². The van der Waals surface area contributed by atoms with E-state index < -0.39 is 111 Å². The van der Waals surface area contributed by atoms with Gasteiger partial charge in [0.2, 0.25) is 5.91 Å². The van der Waals surface area contributed by atoms with Gasteiger partial charge in [-0.25, -0.2) is 0 Å². The van der Waals surface area contributed by atoms with Crippen molar-refractivity contribution < 1.29 is 74.4 Å². The van der Waals surface area contributed by atoms with Crippen molar-refractivity contribution >= 4 is 5.91 Å². The predicted molar refractivity (Wildman–Crippen MR) is 111 cm³/mol. The Balaban J connectivity index is 1.78. The number of amides is 1. The zero-order chi connectivity index (χ0) is 26.9. The first-order valence-corrected chi connectivity index (χ1v) is 11.4. The summed E-state index contributed by atoms with van der Waals surface area (Å²) in [4.78, 5) is 11.6. The van der Waals surface area contributed by atoms with Gasteiger partial charge < -0.3 is 75.0 Å². The number of aliphatic hydroxyl groups is 9. The smallest absolute Gasteiger partial charge is 0.217 e. The van der Waals surface area contributed by atoms with E-state index in [4.69, 9.17) is 23.7 Å². The number of hydrogen-bond donors (Lipinski definition) is 10. The highest BCUT2D eigenvalue weighted by molar-refractivity contribution is 5.73. The van der Waals surface area contributed by atoms with Gasteiger partial charge in [0.05, 0.1) is 19.3 Å². The Morgan fingerprint density at radius 1 is 0.778 bits per heavy atom. The second-order valence-corrected chi connectivity index (χ2v) is 9.09. The first-order chi connectivity index (χ1) is 16.9. The van der Waals surface area contributed by atoms with Crippen LogP contribution in [0.15, 0.2) is 0 Å². The molecule has 0 aromatic rings. The fourth-order valence-corrected chi connectivity index (χ4v) is 4.30. The summed E-state index contributed by atoms with van der Waals surface area (Å²) >= 11 is 0. The Morgan fingerprint density at radius 3 is 2.00 bits per heavy atom. The predicted octanol–water partition coefficient (Wildman–Crippen LogP) is -6.40. The lowest BCUT2D eigenvalue weighted by Crippen LogP contribution is -2.67. The van der Waals surface area contributed by atoms with Gasteiger partial charge >= 0.3 is 0 Å². The average Bonchev–Trinajstić information content (AvgIpc) is 2.83. The molecule has 3 rings (SSSR count). The standard InChI is InChI=1S/C20H35NO15/c1-5-10(24)13(27)15(29)19(33-5)32-4-8-17(12(26)9(18(31)34-8)21-6(2)23)36-20-16(30)14(28)11(25)7(3-22)35-20/h5,7-20,22,24-31H,3-4H2,1-2H3,(H,21,23)/t5-,7+,8+,9+,10+,11+,12+,13+,14-,15-,16+,17+,18?,19+,20-/m0/s1. The summed E-state index contributed by atoms with van der Waals surface area (Å²) in [5.74, 6) is -0.622. The van der Waals surface area contributed by atoms with E-state index >= 15 is 0 Å². The van der Waals surface area contributed by atoms with Crippen molar-refractivity contribution in [3.05, 3.63) is 0 Å². The monoisotopic (exact) mass is 529 g/mol. The summed E-state index contributed by atoms with van der Waals surface area (Å²) in [5, 5.41) is 93.2. The summed E-state index contributed by atoms with van der Waals surface area (Å²) in [6.45, 7) is 1.28.